The number of amides is 1. The standard InChI is InChI=1S/C30H40N2O4/c1-30(2,21-24-14-7-4-8-15-24)36-29(34)31-26(20-23-12-5-3-6-13-23)28(33)35-22-25-16-11-19-32-18-10-9-17-27(25)32/h3-8,12-15,25-27H,9-11,16-22H2,1-2H3,(H,31,34)/t25-,26+,27-/m1/s1. The Hall–Kier alpha value is -2.86. The number of carbonyl (C=O) groups is 2. The minimum absolute atomic E-state index is 0.355. The van der Waals surface area contributed by atoms with Crippen molar-refractivity contribution in [2.24, 2.45) is 5.92 Å². The summed E-state index contributed by atoms with van der Waals surface area (Å²) >= 11 is 0. The predicted molar refractivity (Wildman–Crippen MR) is 141 cm³/mol. The lowest BCUT2D eigenvalue weighted by Crippen LogP contribution is -2.50. The maximum atomic E-state index is 13.2. The molecule has 6 heteroatoms. The lowest BCUT2D eigenvalue weighted by Gasteiger charge is -2.44. The Balaban J connectivity index is 1.37. The minimum atomic E-state index is -0.807. The number of piperidine rings is 2. The second-order valence-corrected chi connectivity index (χ2v) is 10.8. The van der Waals surface area contributed by atoms with Crippen LogP contribution in [0.25, 0.3) is 0 Å². The summed E-state index contributed by atoms with van der Waals surface area (Å²) in [6.45, 7) is 6.46. The monoisotopic (exact) mass is 492 g/mol. The summed E-state index contributed by atoms with van der Waals surface area (Å²) < 4.78 is 11.6. The quantitative estimate of drug-likeness (QED) is 0.490. The summed E-state index contributed by atoms with van der Waals surface area (Å²) in [6, 6.07) is 19.3. The van der Waals surface area contributed by atoms with Crippen LogP contribution in [0.1, 0.15) is 57.1 Å². The number of fused-ring (bicyclic) bond motifs is 1. The summed E-state index contributed by atoms with van der Waals surface area (Å²) in [5, 5.41) is 2.81. The van der Waals surface area contributed by atoms with E-state index in [2.05, 4.69) is 10.2 Å². The van der Waals surface area contributed by atoms with Crippen molar-refractivity contribution in [2.75, 3.05) is 19.7 Å². The molecule has 2 aromatic carbocycles. The number of benzene rings is 2. The number of esters is 1. The van der Waals surface area contributed by atoms with E-state index in [0.717, 1.165) is 37.1 Å². The number of nitrogens with one attached hydrogen (secondary N) is 1. The first-order valence-electron chi connectivity index (χ1n) is 13.4. The van der Waals surface area contributed by atoms with Crippen molar-refractivity contribution in [1.29, 1.82) is 0 Å². The van der Waals surface area contributed by atoms with Gasteiger partial charge in [0.25, 0.3) is 0 Å². The maximum Gasteiger partial charge on any atom is 0.408 e. The van der Waals surface area contributed by atoms with Crippen LogP contribution in [0.4, 0.5) is 4.79 Å². The Labute approximate surface area is 215 Å². The van der Waals surface area contributed by atoms with E-state index < -0.39 is 23.7 Å². The SMILES string of the molecule is CC(C)(Cc1ccccc1)OC(=O)N[C@@H](Cc1ccccc1)C(=O)OC[C@H]1CCCN2CCCC[C@H]12. The van der Waals surface area contributed by atoms with Gasteiger partial charge >= 0.3 is 12.1 Å². The Morgan fingerprint density at radius 3 is 2.33 bits per heavy atom. The number of hydrogen-bond acceptors (Lipinski definition) is 5. The molecule has 0 saturated carbocycles. The molecule has 0 unspecified atom stereocenters. The lowest BCUT2D eigenvalue weighted by molar-refractivity contribution is -0.149. The van der Waals surface area contributed by atoms with Crippen molar-refractivity contribution < 1.29 is 19.1 Å². The van der Waals surface area contributed by atoms with Crippen molar-refractivity contribution in [2.45, 2.75) is 76.5 Å². The molecule has 4 rings (SSSR count). The van der Waals surface area contributed by atoms with E-state index in [9.17, 15) is 9.59 Å². The molecule has 2 aliphatic heterocycles. The van der Waals surface area contributed by atoms with Gasteiger partial charge in [-0.1, -0.05) is 67.1 Å². The third-order valence-electron chi connectivity index (χ3n) is 7.37. The Bertz CT molecular complexity index is 977. The first kappa shape index (κ1) is 26.2. The van der Waals surface area contributed by atoms with Crippen molar-refractivity contribution in [3.8, 4) is 0 Å². The molecular formula is C30H40N2O4. The van der Waals surface area contributed by atoms with Crippen LogP contribution in [-0.4, -0.2) is 54.3 Å². The Morgan fingerprint density at radius 1 is 0.944 bits per heavy atom. The van der Waals surface area contributed by atoms with Gasteiger partial charge in [-0.25, -0.2) is 9.59 Å². The van der Waals surface area contributed by atoms with Gasteiger partial charge in [0.1, 0.15) is 11.6 Å². The second kappa shape index (κ2) is 12.4. The van der Waals surface area contributed by atoms with Crippen LogP contribution >= 0.6 is 0 Å². The highest BCUT2D eigenvalue weighted by molar-refractivity contribution is 5.81. The summed E-state index contributed by atoms with van der Waals surface area (Å²) in [4.78, 5) is 28.7. The molecule has 2 aliphatic rings. The van der Waals surface area contributed by atoms with E-state index in [0.29, 0.717) is 31.4 Å². The average Bonchev–Trinajstić information content (AvgIpc) is 2.87. The molecule has 0 aromatic heterocycles. The normalized spacial score (nSPS) is 21.2. The molecule has 6 nitrogen and oxygen atoms in total. The molecule has 1 amide bonds. The summed E-state index contributed by atoms with van der Waals surface area (Å²) in [5.74, 6) is -0.0401. The number of ether oxygens (including phenoxy) is 2. The van der Waals surface area contributed by atoms with Crippen molar-refractivity contribution in [3.63, 3.8) is 0 Å². The van der Waals surface area contributed by atoms with Crippen LogP contribution in [0.3, 0.4) is 0 Å². The van der Waals surface area contributed by atoms with Gasteiger partial charge in [-0.15, -0.1) is 0 Å². The fraction of sp³-hybridized carbons (Fsp3) is 0.533. The molecular weight excluding hydrogens is 452 g/mol. The highest BCUT2D eigenvalue weighted by atomic mass is 16.6. The van der Waals surface area contributed by atoms with Gasteiger partial charge < -0.3 is 14.8 Å². The number of alkyl carbamates (subject to hydrolysis) is 1. The van der Waals surface area contributed by atoms with Gasteiger partial charge in [-0.2, -0.15) is 0 Å². The molecule has 0 spiro atoms. The van der Waals surface area contributed by atoms with E-state index in [1.807, 2.05) is 74.5 Å². The lowest BCUT2D eigenvalue weighted by atomic mass is 9.84. The molecule has 2 saturated heterocycles. The molecule has 0 aliphatic carbocycles. The van der Waals surface area contributed by atoms with Crippen molar-refractivity contribution >= 4 is 12.1 Å². The fourth-order valence-corrected chi connectivity index (χ4v) is 5.65. The summed E-state index contributed by atoms with van der Waals surface area (Å²) in [6.07, 6.45) is 6.24. The van der Waals surface area contributed by atoms with Crippen LogP contribution in [-0.2, 0) is 27.1 Å². The van der Waals surface area contributed by atoms with E-state index in [-0.39, 0.29) is 0 Å². The molecule has 1 N–H and O–H groups in total. The third kappa shape index (κ3) is 7.57. The van der Waals surface area contributed by atoms with Crippen molar-refractivity contribution in [1.82, 2.24) is 10.2 Å². The first-order valence-corrected chi connectivity index (χ1v) is 13.4. The van der Waals surface area contributed by atoms with Gasteiger partial charge in [0.2, 0.25) is 0 Å². The van der Waals surface area contributed by atoms with Gasteiger partial charge in [0, 0.05) is 24.8 Å². The van der Waals surface area contributed by atoms with E-state index in [4.69, 9.17) is 9.47 Å². The molecule has 3 atom stereocenters. The predicted octanol–water partition coefficient (Wildman–Crippen LogP) is 5.15. The van der Waals surface area contributed by atoms with E-state index in [1.54, 1.807) is 0 Å². The van der Waals surface area contributed by atoms with Gasteiger partial charge in [-0.05, 0) is 63.7 Å². The fourth-order valence-electron chi connectivity index (χ4n) is 5.65. The molecule has 36 heavy (non-hydrogen) atoms. The van der Waals surface area contributed by atoms with Gasteiger partial charge in [0.15, 0.2) is 0 Å². The van der Waals surface area contributed by atoms with Crippen LogP contribution in [0.2, 0.25) is 0 Å². The van der Waals surface area contributed by atoms with Gasteiger partial charge in [-0.3, -0.25) is 4.90 Å². The molecule has 0 bridgehead atoms. The number of nitrogens with zero attached hydrogens (tertiary/aromatic N) is 1. The molecule has 2 fully saturated rings. The zero-order valence-corrected chi connectivity index (χ0v) is 21.7. The van der Waals surface area contributed by atoms with Gasteiger partial charge in [0.05, 0.1) is 6.61 Å². The largest absolute Gasteiger partial charge is 0.464 e. The Morgan fingerprint density at radius 2 is 1.61 bits per heavy atom. The van der Waals surface area contributed by atoms with Crippen LogP contribution in [0, 0.1) is 5.92 Å². The van der Waals surface area contributed by atoms with Crippen LogP contribution in [0.5, 0.6) is 0 Å². The van der Waals surface area contributed by atoms with Crippen molar-refractivity contribution in [3.05, 3.63) is 71.8 Å². The topological polar surface area (TPSA) is 67.9 Å². The molecule has 194 valence electrons. The van der Waals surface area contributed by atoms with E-state index >= 15 is 0 Å². The average molecular weight is 493 g/mol. The highest BCUT2D eigenvalue weighted by Crippen LogP contribution is 2.31. The first-order chi connectivity index (χ1) is 17.4. The zero-order valence-electron chi connectivity index (χ0n) is 21.7. The maximum absolute atomic E-state index is 13.2. The molecule has 2 heterocycles. The molecule has 2 aromatic rings. The summed E-state index contributed by atoms with van der Waals surface area (Å²) in [7, 11) is 0. The number of hydrogen-bond donors (Lipinski definition) is 1. The highest BCUT2D eigenvalue weighted by Gasteiger charge is 2.35. The number of carbonyl (C=O) groups excluding carboxylic acids is 2. The molecule has 0 radical (unpaired) electrons. The Kier molecular flexibility index (Phi) is 9.03. The van der Waals surface area contributed by atoms with E-state index in [1.165, 1.54) is 19.3 Å². The second-order valence-electron chi connectivity index (χ2n) is 10.8. The van der Waals surface area contributed by atoms with Crippen LogP contribution < -0.4 is 5.32 Å². The summed E-state index contributed by atoms with van der Waals surface area (Å²) in [5.41, 5.74) is 1.32. The third-order valence-corrected chi connectivity index (χ3v) is 7.37. The van der Waals surface area contributed by atoms with Crippen LogP contribution in [0.15, 0.2) is 60.7 Å². The zero-order chi connectivity index (χ0) is 25.4. The number of rotatable bonds is 9. The smallest absolute Gasteiger partial charge is 0.408 e. The minimum Gasteiger partial charge on any atom is -0.464 e.